The molecule has 1 aliphatic carbocycles. The summed E-state index contributed by atoms with van der Waals surface area (Å²) in [6.07, 6.45) is -6.49. The molecule has 1 aliphatic rings. The first-order valence-corrected chi connectivity index (χ1v) is 18.8. The van der Waals surface area contributed by atoms with Gasteiger partial charge in [0, 0.05) is 36.2 Å². The fraction of sp³-hybridized carbons (Fsp3) is 0.333. The van der Waals surface area contributed by atoms with Crippen molar-refractivity contribution in [2.75, 3.05) is 4.72 Å². The van der Waals surface area contributed by atoms with Gasteiger partial charge in [-0.05, 0) is 68.0 Å². The van der Waals surface area contributed by atoms with Crippen LogP contribution in [-0.4, -0.2) is 49.6 Å². The molecule has 0 bridgehead atoms. The Morgan fingerprint density at radius 2 is 1.75 bits per heavy atom. The van der Waals surface area contributed by atoms with Gasteiger partial charge in [-0.15, -0.1) is 0 Å². The van der Waals surface area contributed by atoms with Gasteiger partial charge in [0.05, 0.1) is 27.7 Å². The summed E-state index contributed by atoms with van der Waals surface area (Å²) in [6.45, 7) is 2.87. The van der Waals surface area contributed by atoms with Crippen molar-refractivity contribution in [3.63, 3.8) is 0 Å². The lowest BCUT2D eigenvalue weighted by Gasteiger charge is -2.23. The van der Waals surface area contributed by atoms with Crippen LogP contribution in [0.2, 0.25) is 5.02 Å². The molecule has 21 heteroatoms. The number of aromatic nitrogens is 5. The van der Waals surface area contributed by atoms with Crippen LogP contribution in [0.25, 0.3) is 22.0 Å². The lowest BCUT2D eigenvalue weighted by Crippen LogP contribution is -2.35. The van der Waals surface area contributed by atoms with Gasteiger partial charge in [0.25, 0.3) is 16.1 Å². The number of carbonyl (C=O) groups is 1. The van der Waals surface area contributed by atoms with E-state index in [9.17, 15) is 40.3 Å². The summed E-state index contributed by atoms with van der Waals surface area (Å²) in [5.74, 6) is -3.05. The number of amides is 1. The smallest absolute Gasteiger partial charge is 0.378 e. The van der Waals surface area contributed by atoms with E-state index >= 15 is 8.78 Å². The summed E-state index contributed by atoms with van der Waals surface area (Å²) in [4.78, 5) is 18.5. The molecule has 3 aromatic heterocycles. The van der Waals surface area contributed by atoms with E-state index in [1.165, 1.54) is 56.8 Å². The summed E-state index contributed by atoms with van der Waals surface area (Å²) >= 11 is 6.51. The second kappa shape index (κ2) is 14.6. The first-order chi connectivity index (χ1) is 26.3. The van der Waals surface area contributed by atoms with Gasteiger partial charge in [-0.25, -0.2) is 18.9 Å². The van der Waals surface area contributed by atoms with E-state index < -0.39 is 93.7 Å². The largest absolute Gasteiger partial charge is 0.435 e. The molecule has 0 fully saturated rings. The molecule has 2 atom stereocenters. The maximum absolute atomic E-state index is 15.2. The number of carbonyl (C=O) groups excluding carboxylic acids is 1. The number of halogens is 8. The molecule has 6 rings (SSSR count). The third-order valence-electron chi connectivity index (χ3n) is 8.87. The normalized spacial score (nSPS) is 15.9. The van der Waals surface area contributed by atoms with Crippen molar-refractivity contribution in [2.24, 2.45) is 12.2 Å². The molecule has 0 spiro atoms. The zero-order valence-electron chi connectivity index (χ0n) is 30.2. The molecule has 57 heavy (non-hydrogen) atoms. The zero-order chi connectivity index (χ0) is 42.0. The minimum atomic E-state index is -5.12. The second-order valence-corrected chi connectivity index (χ2v) is 15.8. The fourth-order valence-corrected chi connectivity index (χ4v) is 7.50. The van der Waals surface area contributed by atoms with E-state index in [-0.39, 0.29) is 49.8 Å². The molecular formula is C36H32ClF7N8O4S. The summed E-state index contributed by atoms with van der Waals surface area (Å²) < 4.78 is 129. The van der Waals surface area contributed by atoms with Gasteiger partial charge in [-0.3, -0.25) is 18.9 Å². The van der Waals surface area contributed by atoms with Gasteiger partial charge in [0.2, 0.25) is 5.91 Å². The van der Waals surface area contributed by atoms with Crippen LogP contribution in [0.3, 0.4) is 0 Å². The molecule has 302 valence electrons. The van der Waals surface area contributed by atoms with Crippen molar-refractivity contribution in [1.82, 2.24) is 29.9 Å². The number of benzene rings is 2. The number of aryl methyl sites for hydroxylation is 1. The van der Waals surface area contributed by atoms with Crippen molar-refractivity contribution in [3.05, 3.63) is 93.0 Å². The van der Waals surface area contributed by atoms with E-state index in [1.807, 2.05) is 0 Å². The number of aliphatic hydroxyl groups is 1. The first-order valence-electron chi connectivity index (χ1n) is 16.8. The maximum atomic E-state index is 15.2. The highest BCUT2D eigenvalue weighted by molar-refractivity contribution is 7.90. The Morgan fingerprint density at radius 1 is 1.11 bits per heavy atom. The topological polar surface area (TPSA) is 170 Å². The van der Waals surface area contributed by atoms with E-state index in [0.29, 0.717) is 10.7 Å². The Morgan fingerprint density at radius 3 is 2.37 bits per heavy atom. The number of alkyl halides is 5. The number of rotatable bonds is 9. The summed E-state index contributed by atoms with van der Waals surface area (Å²) in [5.41, 5.74) is -4.29. The molecule has 0 radical (unpaired) electrons. The highest BCUT2D eigenvalue weighted by Crippen LogP contribution is 2.52. The van der Waals surface area contributed by atoms with Crippen LogP contribution in [0.1, 0.15) is 73.1 Å². The molecule has 0 saturated carbocycles. The number of pyridine rings is 1. The molecule has 0 unspecified atom stereocenters. The Labute approximate surface area is 325 Å². The summed E-state index contributed by atoms with van der Waals surface area (Å²) in [7, 11) is -2.90. The Balaban J connectivity index is 1.55. The van der Waals surface area contributed by atoms with Crippen molar-refractivity contribution in [1.29, 1.82) is 0 Å². The van der Waals surface area contributed by atoms with Crippen molar-refractivity contribution >= 4 is 44.4 Å². The fourth-order valence-electron chi connectivity index (χ4n) is 6.85. The van der Waals surface area contributed by atoms with Crippen molar-refractivity contribution in [2.45, 2.75) is 69.8 Å². The lowest BCUT2D eigenvalue weighted by atomic mass is 9.93. The number of nitrogens with one attached hydrogen (secondary N) is 2. The van der Waals surface area contributed by atoms with Gasteiger partial charge in [0.15, 0.2) is 11.5 Å². The number of hydrogen-bond acceptors (Lipinski definition) is 7. The van der Waals surface area contributed by atoms with Gasteiger partial charge >= 0.3 is 6.18 Å². The van der Waals surface area contributed by atoms with Crippen LogP contribution in [-0.2, 0) is 47.1 Å². The Kier molecular flexibility index (Phi) is 10.6. The molecule has 3 heterocycles. The quantitative estimate of drug-likeness (QED) is 0.101. The molecule has 12 nitrogen and oxygen atoms in total. The number of fused-ring (bicyclic) bond motifs is 2. The van der Waals surface area contributed by atoms with Crippen LogP contribution in [0, 0.1) is 23.5 Å². The zero-order valence-corrected chi connectivity index (χ0v) is 31.8. The van der Waals surface area contributed by atoms with Gasteiger partial charge in [0.1, 0.15) is 35.2 Å². The highest BCUT2D eigenvalue weighted by atomic mass is 35.5. The van der Waals surface area contributed by atoms with Crippen LogP contribution in [0.15, 0.2) is 42.5 Å². The van der Waals surface area contributed by atoms with Crippen molar-refractivity contribution < 1.29 is 49.1 Å². The van der Waals surface area contributed by atoms with Crippen LogP contribution in [0.4, 0.5) is 36.6 Å². The number of anilines is 1. The van der Waals surface area contributed by atoms with Gasteiger partial charge < -0.3 is 10.4 Å². The predicted molar refractivity (Wildman–Crippen MR) is 194 cm³/mol. The molecule has 0 saturated heterocycles. The van der Waals surface area contributed by atoms with Gasteiger partial charge in [-0.1, -0.05) is 30.5 Å². The van der Waals surface area contributed by atoms with E-state index in [0.717, 1.165) is 12.1 Å². The van der Waals surface area contributed by atoms with Crippen molar-refractivity contribution in [3.8, 4) is 23.0 Å². The van der Waals surface area contributed by atoms with Gasteiger partial charge in [-0.2, -0.15) is 40.6 Å². The second-order valence-electron chi connectivity index (χ2n) is 14.1. The van der Waals surface area contributed by atoms with Crippen LogP contribution >= 0.6 is 11.6 Å². The molecule has 2 aromatic carbocycles. The monoisotopic (exact) mass is 840 g/mol. The third kappa shape index (κ3) is 8.86. The Hall–Kier alpha value is -5.23. The lowest BCUT2D eigenvalue weighted by molar-refractivity contribution is -0.142. The van der Waals surface area contributed by atoms with E-state index in [4.69, 9.17) is 16.7 Å². The summed E-state index contributed by atoms with van der Waals surface area (Å²) in [6, 6.07) is 6.93. The maximum Gasteiger partial charge on any atom is 0.435 e. The molecular weight excluding hydrogens is 809 g/mol. The molecule has 0 aliphatic heterocycles. The molecule has 5 aromatic rings. The Bertz CT molecular complexity index is 2590. The van der Waals surface area contributed by atoms with Crippen LogP contribution < -0.4 is 15.2 Å². The molecule has 1 amide bonds. The third-order valence-corrected chi connectivity index (χ3v) is 9.66. The first kappa shape index (κ1) is 41.4. The van der Waals surface area contributed by atoms with Crippen LogP contribution in [0.5, 0.6) is 0 Å². The number of nitrogens with zero attached hydrogens (tertiary/aromatic N) is 5. The number of nitrogens with two attached hydrogens (primary N) is 1. The SMILES string of the molecule is C[C@H]1CC(F)(F)c2c1c(C(F)(F)F)nn2CC(=O)N[C@@H](Cc1cc(F)cc(F)c1)c1nc(C#CC(C)(C)O)ccc1-c1ccc(Cl)c2c(NS(N)(=O)=O)nn(C)c12. The summed E-state index contributed by atoms with van der Waals surface area (Å²) in [5, 5.41) is 25.8. The minimum absolute atomic E-state index is 0.0145. The average molecular weight is 841 g/mol. The standard InChI is InChI=1S/C36H32ClF7N8O4S/c1-17-15-35(40,41)32-27(17)31(36(42,43)44)48-52(32)16-26(53)47-25(13-18-11-19(38)14-20(39)12-18)29-22(6-5-21(46-29)9-10-34(2,3)54)23-7-8-24(37)28-30(23)51(4)49-33(28)50-57(45,55)56/h5-8,11-12,14,17,25,54H,13,15-16H2,1-4H3,(H,47,53)(H,49,50)(H2,45,55,56)/t17-,25-/m0/s1. The highest BCUT2D eigenvalue weighted by Gasteiger charge is 2.53. The average Bonchev–Trinajstić information content (AvgIpc) is 3.68. The minimum Gasteiger partial charge on any atom is -0.378 e. The van der Waals surface area contributed by atoms with E-state index in [1.54, 1.807) is 0 Å². The predicted octanol–water partition coefficient (Wildman–Crippen LogP) is 6.22. The molecule has 5 N–H and O–H groups in total. The van der Waals surface area contributed by atoms with E-state index in [2.05, 4.69) is 37.1 Å². The number of hydrogen-bond donors (Lipinski definition) is 4.